The number of ether oxygens (including phenoxy) is 3. The molecule has 4 rings (SSSR count). The second kappa shape index (κ2) is 14.4. The number of methoxy groups -OCH3 is 2. The number of benzene rings is 2. The van der Waals surface area contributed by atoms with Gasteiger partial charge in [0, 0.05) is 66.8 Å². The van der Waals surface area contributed by atoms with Gasteiger partial charge < -0.3 is 34.4 Å². The van der Waals surface area contributed by atoms with Crippen molar-refractivity contribution in [2.75, 3.05) is 70.8 Å². The van der Waals surface area contributed by atoms with Gasteiger partial charge in [-0.05, 0) is 43.3 Å². The maximum Gasteiger partial charge on any atom is 0.413 e. The van der Waals surface area contributed by atoms with E-state index in [0.29, 0.717) is 45.2 Å². The average Bonchev–Trinajstić information content (AvgIpc) is 2.96. The zero-order valence-electron chi connectivity index (χ0n) is 23.3. The summed E-state index contributed by atoms with van der Waals surface area (Å²) < 4.78 is 17.2. The van der Waals surface area contributed by atoms with E-state index in [2.05, 4.69) is 32.1 Å². The van der Waals surface area contributed by atoms with E-state index in [4.69, 9.17) is 37.4 Å². The van der Waals surface area contributed by atoms with Crippen LogP contribution in [0.5, 0.6) is 17.2 Å². The molecule has 1 fully saturated rings. The number of likely N-dealkylation sites (N-methyl/N-ethyl adjacent to an activating group) is 1. The quantitative estimate of drug-likeness (QED) is 0.266. The van der Waals surface area contributed by atoms with Crippen LogP contribution in [0.15, 0.2) is 42.6 Å². The zero-order chi connectivity index (χ0) is 29.4. The van der Waals surface area contributed by atoms with Crippen molar-refractivity contribution < 1.29 is 24.1 Å². The van der Waals surface area contributed by atoms with Gasteiger partial charge in [-0.2, -0.15) is 4.98 Å². The molecular weight excluding hydrogens is 571 g/mol. The molecule has 2 heterocycles. The maximum absolute atomic E-state index is 12.1. The number of nitrogens with one attached hydrogen (secondary N) is 1. The summed E-state index contributed by atoms with van der Waals surface area (Å²) >= 11 is 12.4. The zero-order valence-corrected chi connectivity index (χ0v) is 24.8. The van der Waals surface area contributed by atoms with Crippen LogP contribution in [0.1, 0.15) is 12.0 Å². The van der Waals surface area contributed by atoms with Crippen LogP contribution in [0.4, 0.5) is 22.2 Å². The molecule has 3 aromatic rings. The van der Waals surface area contributed by atoms with E-state index in [1.807, 2.05) is 0 Å². The SMILES string of the molecule is COc1cc(Nc2nccc(N(Cc3cc(Cl)ccc3Cl)C(=O)O)n2)cc(OCCCN2CCN(C)CC2)c1OC. The fraction of sp³-hybridized carbons (Fsp3) is 0.393. The molecule has 0 bridgehead atoms. The summed E-state index contributed by atoms with van der Waals surface area (Å²) in [5.74, 6) is 1.78. The number of amides is 1. The lowest BCUT2D eigenvalue weighted by Crippen LogP contribution is -2.44. The lowest BCUT2D eigenvalue weighted by atomic mass is 10.2. The van der Waals surface area contributed by atoms with Gasteiger partial charge in [-0.15, -0.1) is 0 Å². The van der Waals surface area contributed by atoms with Gasteiger partial charge in [0.1, 0.15) is 5.82 Å². The van der Waals surface area contributed by atoms with Crippen molar-refractivity contribution in [2.45, 2.75) is 13.0 Å². The number of aromatic nitrogens is 2. The lowest BCUT2D eigenvalue weighted by molar-refractivity contribution is 0.145. The lowest BCUT2D eigenvalue weighted by Gasteiger charge is -2.32. The molecule has 1 amide bonds. The number of carboxylic acid groups (broad SMARTS) is 1. The normalized spacial score (nSPS) is 14.0. The van der Waals surface area contributed by atoms with E-state index in [0.717, 1.165) is 44.0 Å². The van der Waals surface area contributed by atoms with Gasteiger partial charge in [0.2, 0.25) is 11.7 Å². The van der Waals surface area contributed by atoms with Crippen LogP contribution in [0.2, 0.25) is 10.0 Å². The number of hydrogen-bond donors (Lipinski definition) is 2. The number of halogens is 2. The van der Waals surface area contributed by atoms with Crippen LogP contribution >= 0.6 is 23.2 Å². The predicted octanol–water partition coefficient (Wildman–Crippen LogP) is 5.25. The number of rotatable bonds is 12. The Kier molecular flexibility index (Phi) is 10.7. The van der Waals surface area contributed by atoms with Gasteiger partial charge in [-0.3, -0.25) is 4.90 Å². The third-order valence-corrected chi connectivity index (χ3v) is 7.26. The van der Waals surface area contributed by atoms with E-state index in [1.165, 1.54) is 12.3 Å². The number of piperazine rings is 1. The Balaban J connectivity index is 1.48. The molecule has 41 heavy (non-hydrogen) atoms. The highest BCUT2D eigenvalue weighted by molar-refractivity contribution is 6.33. The maximum atomic E-state index is 12.1. The van der Waals surface area contributed by atoms with Crippen molar-refractivity contribution in [1.29, 1.82) is 0 Å². The van der Waals surface area contributed by atoms with E-state index in [9.17, 15) is 9.90 Å². The van der Waals surface area contributed by atoms with Crippen LogP contribution in [0.3, 0.4) is 0 Å². The third-order valence-electron chi connectivity index (χ3n) is 6.66. The number of hydrogen-bond acceptors (Lipinski definition) is 9. The van der Waals surface area contributed by atoms with Crippen molar-refractivity contribution in [1.82, 2.24) is 19.8 Å². The Morgan fingerprint density at radius 1 is 1.07 bits per heavy atom. The molecular formula is C28H34Cl2N6O5. The molecule has 13 heteroatoms. The summed E-state index contributed by atoms with van der Waals surface area (Å²) in [7, 11) is 5.24. The highest BCUT2D eigenvalue weighted by Gasteiger charge is 2.20. The molecule has 0 atom stereocenters. The standard InChI is InChI=1S/C28H34Cl2N6O5/c1-34-10-12-35(13-11-34)9-4-14-41-24-17-21(16-23(39-2)26(24)40-3)32-27-31-8-7-25(33-27)36(28(37)38)18-19-15-20(29)5-6-22(19)30/h5-8,15-17H,4,9-14,18H2,1-3H3,(H,37,38)(H,31,32,33). The Morgan fingerprint density at radius 3 is 2.54 bits per heavy atom. The minimum Gasteiger partial charge on any atom is -0.493 e. The van der Waals surface area contributed by atoms with Gasteiger partial charge in [0.25, 0.3) is 0 Å². The monoisotopic (exact) mass is 604 g/mol. The Bertz CT molecular complexity index is 1340. The first kappa shape index (κ1) is 30.4. The second-order valence-corrected chi connectivity index (χ2v) is 10.4. The molecule has 1 aliphatic rings. The minimum atomic E-state index is -1.20. The Labute approximate surface area is 249 Å². The largest absolute Gasteiger partial charge is 0.493 e. The summed E-state index contributed by atoms with van der Waals surface area (Å²) in [4.78, 5) is 26.6. The molecule has 2 N–H and O–H groups in total. The van der Waals surface area contributed by atoms with Crippen LogP contribution in [-0.4, -0.2) is 91.6 Å². The van der Waals surface area contributed by atoms with Crippen LogP contribution < -0.4 is 24.4 Å². The van der Waals surface area contributed by atoms with Crippen LogP contribution in [0, 0.1) is 0 Å². The summed E-state index contributed by atoms with van der Waals surface area (Å²) in [6, 6.07) is 9.88. The first-order valence-corrected chi connectivity index (χ1v) is 13.9. The van der Waals surface area contributed by atoms with Crippen molar-refractivity contribution in [2.24, 2.45) is 0 Å². The molecule has 0 saturated carbocycles. The van der Waals surface area contributed by atoms with E-state index >= 15 is 0 Å². The smallest absolute Gasteiger partial charge is 0.413 e. The Hall–Kier alpha value is -3.51. The topological polar surface area (TPSA) is 113 Å². The molecule has 1 saturated heterocycles. The third kappa shape index (κ3) is 8.26. The van der Waals surface area contributed by atoms with E-state index in [-0.39, 0.29) is 18.3 Å². The number of carbonyl (C=O) groups is 1. The molecule has 1 aliphatic heterocycles. The minimum absolute atomic E-state index is 0.0480. The molecule has 2 aromatic carbocycles. The molecule has 0 unspecified atom stereocenters. The van der Waals surface area contributed by atoms with E-state index in [1.54, 1.807) is 44.6 Å². The Morgan fingerprint density at radius 2 is 1.83 bits per heavy atom. The first-order chi connectivity index (χ1) is 19.8. The molecule has 1 aromatic heterocycles. The van der Waals surface area contributed by atoms with Gasteiger partial charge in [0.05, 0.1) is 27.4 Å². The summed E-state index contributed by atoms with van der Waals surface area (Å²) in [6.45, 7) is 5.65. The van der Waals surface area contributed by atoms with Crippen molar-refractivity contribution >= 4 is 46.7 Å². The number of anilines is 3. The van der Waals surface area contributed by atoms with Crippen molar-refractivity contribution in [3.05, 3.63) is 58.2 Å². The molecule has 11 nitrogen and oxygen atoms in total. The highest BCUT2D eigenvalue weighted by Crippen LogP contribution is 2.41. The number of nitrogens with zero attached hydrogens (tertiary/aromatic N) is 5. The summed E-state index contributed by atoms with van der Waals surface area (Å²) in [5.41, 5.74) is 1.12. The highest BCUT2D eigenvalue weighted by atomic mass is 35.5. The molecule has 0 radical (unpaired) electrons. The first-order valence-electron chi connectivity index (χ1n) is 13.1. The van der Waals surface area contributed by atoms with Crippen molar-refractivity contribution in [3.8, 4) is 17.2 Å². The van der Waals surface area contributed by atoms with Crippen molar-refractivity contribution in [3.63, 3.8) is 0 Å². The fourth-order valence-electron chi connectivity index (χ4n) is 4.42. The average molecular weight is 606 g/mol. The summed E-state index contributed by atoms with van der Waals surface area (Å²) in [5, 5.41) is 13.9. The van der Waals surface area contributed by atoms with Crippen LogP contribution in [0.25, 0.3) is 0 Å². The second-order valence-electron chi connectivity index (χ2n) is 9.52. The molecule has 220 valence electrons. The van der Waals surface area contributed by atoms with E-state index < -0.39 is 6.09 Å². The molecule has 0 aliphatic carbocycles. The van der Waals surface area contributed by atoms with Gasteiger partial charge in [-0.1, -0.05) is 23.2 Å². The predicted molar refractivity (Wildman–Crippen MR) is 160 cm³/mol. The fourth-order valence-corrected chi connectivity index (χ4v) is 4.79. The van der Waals surface area contributed by atoms with Gasteiger partial charge >= 0.3 is 6.09 Å². The van der Waals surface area contributed by atoms with Gasteiger partial charge in [-0.25, -0.2) is 9.78 Å². The van der Waals surface area contributed by atoms with Gasteiger partial charge in [0.15, 0.2) is 11.5 Å². The molecule has 0 spiro atoms. The van der Waals surface area contributed by atoms with Crippen LogP contribution in [-0.2, 0) is 6.54 Å². The summed E-state index contributed by atoms with van der Waals surface area (Å²) in [6.07, 6.45) is 1.13.